The Morgan fingerprint density at radius 2 is 1.78 bits per heavy atom. The van der Waals surface area contributed by atoms with Crippen molar-refractivity contribution in [1.29, 1.82) is 0 Å². The molecule has 0 aromatic heterocycles. The Morgan fingerprint density at radius 3 is 2.37 bits per heavy atom. The number of carbonyl (C=O) groups excluding carboxylic acids is 1. The van der Waals surface area contributed by atoms with Crippen LogP contribution in [-0.2, 0) is 17.5 Å². The minimum atomic E-state index is -4.72. The van der Waals surface area contributed by atoms with Crippen molar-refractivity contribution in [2.24, 2.45) is 0 Å². The number of rotatable bonds is 7. The molecule has 2 aromatic rings. The average Bonchev–Trinajstić information content (AvgIpc) is 2.55. The summed E-state index contributed by atoms with van der Waals surface area (Å²) in [6, 6.07) is 11.5. The number of benzene rings is 2. The molecule has 0 bridgehead atoms. The topological polar surface area (TPSA) is 32.3 Å². The second-order valence-corrected chi connectivity index (χ2v) is 6.22. The maximum Gasteiger partial charge on any atom is 0.418 e. The molecule has 0 unspecified atom stereocenters. The molecule has 2 aromatic carbocycles. The molecular weight excluding hydrogens is 391 g/mol. The van der Waals surface area contributed by atoms with Gasteiger partial charge in [0.05, 0.1) is 24.3 Å². The molecule has 0 heterocycles. The SMILES string of the molecule is O=C(CN(Cc1ccccc1)CC(F)F)Nc1ccc(Cl)cc1C(F)(F)F. The highest BCUT2D eigenvalue weighted by molar-refractivity contribution is 6.30. The quantitative estimate of drug-likeness (QED) is 0.651. The molecule has 1 amide bonds. The molecule has 146 valence electrons. The molecule has 27 heavy (non-hydrogen) atoms. The third-order valence-corrected chi connectivity index (χ3v) is 3.81. The van der Waals surface area contributed by atoms with Gasteiger partial charge in [0.1, 0.15) is 0 Å². The molecule has 0 atom stereocenters. The lowest BCUT2D eigenvalue weighted by Crippen LogP contribution is -2.36. The smallest absolute Gasteiger partial charge is 0.324 e. The molecular formula is C18H16ClF5N2O. The number of carbonyl (C=O) groups is 1. The van der Waals surface area contributed by atoms with E-state index in [1.165, 1.54) is 11.0 Å². The number of alkyl halides is 5. The zero-order valence-electron chi connectivity index (χ0n) is 13.9. The van der Waals surface area contributed by atoms with E-state index in [0.717, 1.165) is 6.07 Å². The molecule has 0 fully saturated rings. The van der Waals surface area contributed by atoms with Gasteiger partial charge in [-0.2, -0.15) is 13.2 Å². The number of halogens is 6. The van der Waals surface area contributed by atoms with Crippen LogP contribution < -0.4 is 5.32 Å². The summed E-state index contributed by atoms with van der Waals surface area (Å²) in [6.45, 7) is -1.11. The van der Waals surface area contributed by atoms with Gasteiger partial charge in [0.15, 0.2) is 0 Å². The van der Waals surface area contributed by atoms with Gasteiger partial charge in [-0.3, -0.25) is 9.69 Å². The third-order valence-electron chi connectivity index (χ3n) is 3.57. The summed E-state index contributed by atoms with van der Waals surface area (Å²) in [6.07, 6.45) is -7.41. The number of hydrogen-bond donors (Lipinski definition) is 1. The summed E-state index contributed by atoms with van der Waals surface area (Å²) in [5.74, 6) is -0.834. The molecule has 0 aliphatic carbocycles. The molecule has 2 rings (SSSR count). The fourth-order valence-corrected chi connectivity index (χ4v) is 2.65. The predicted molar refractivity (Wildman–Crippen MR) is 92.8 cm³/mol. The van der Waals surface area contributed by atoms with E-state index in [1.807, 2.05) is 0 Å². The van der Waals surface area contributed by atoms with E-state index >= 15 is 0 Å². The van der Waals surface area contributed by atoms with E-state index in [1.54, 1.807) is 30.3 Å². The van der Waals surface area contributed by atoms with Crippen molar-refractivity contribution in [3.8, 4) is 0 Å². The van der Waals surface area contributed by atoms with Crippen LogP contribution in [-0.4, -0.2) is 30.3 Å². The molecule has 1 N–H and O–H groups in total. The Morgan fingerprint density at radius 1 is 1.11 bits per heavy atom. The summed E-state index contributed by atoms with van der Waals surface area (Å²) in [5, 5.41) is 1.99. The summed E-state index contributed by atoms with van der Waals surface area (Å²) < 4.78 is 64.8. The van der Waals surface area contributed by atoms with Crippen LogP contribution in [0.25, 0.3) is 0 Å². The molecule has 0 aliphatic heterocycles. The Hall–Kier alpha value is -2.19. The zero-order chi connectivity index (χ0) is 20.0. The van der Waals surface area contributed by atoms with E-state index in [-0.39, 0.29) is 11.6 Å². The van der Waals surface area contributed by atoms with Crippen LogP contribution >= 0.6 is 11.6 Å². The van der Waals surface area contributed by atoms with Crippen LogP contribution in [0.5, 0.6) is 0 Å². The summed E-state index contributed by atoms with van der Waals surface area (Å²) in [7, 11) is 0. The number of nitrogens with one attached hydrogen (secondary N) is 1. The fourth-order valence-electron chi connectivity index (χ4n) is 2.47. The molecule has 0 saturated carbocycles. The molecule has 0 aliphatic rings. The first kappa shape index (κ1) is 21.1. The second kappa shape index (κ2) is 9.14. The Balaban J connectivity index is 2.12. The normalized spacial score (nSPS) is 11.9. The summed E-state index contributed by atoms with van der Waals surface area (Å²) in [4.78, 5) is 13.3. The lowest BCUT2D eigenvalue weighted by Gasteiger charge is -2.22. The first-order valence-electron chi connectivity index (χ1n) is 7.86. The number of anilines is 1. The molecule has 0 spiro atoms. The molecule has 0 radical (unpaired) electrons. The van der Waals surface area contributed by atoms with Crippen molar-refractivity contribution in [1.82, 2.24) is 4.90 Å². The standard InChI is InChI=1S/C18H16ClF5N2O/c19-13-6-7-15(14(8-13)18(22,23)24)25-17(27)11-26(10-16(20)21)9-12-4-2-1-3-5-12/h1-8,16H,9-11H2,(H,25,27). The van der Waals surface area contributed by atoms with Crippen LogP contribution in [0, 0.1) is 0 Å². The zero-order valence-corrected chi connectivity index (χ0v) is 14.7. The summed E-state index contributed by atoms with van der Waals surface area (Å²) >= 11 is 5.59. The Bertz CT molecular complexity index is 768. The lowest BCUT2D eigenvalue weighted by molar-refractivity contribution is -0.137. The maximum atomic E-state index is 13.1. The van der Waals surface area contributed by atoms with E-state index in [4.69, 9.17) is 11.6 Å². The van der Waals surface area contributed by atoms with Gasteiger partial charge in [-0.1, -0.05) is 41.9 Å². The van der Waals surface area contributed by atoms with Crippen LogP contribution in [0.3, 0.4) is 0 Å². The third kappa shape index (κ3) is 6.80. The highest BCUT2D eigenvalue weighted by atomic mass is 35.5. The number of hydrogen-bond acceptors (Lipinski definition) is 2. The van der Waals surface area contributed by atoms with Gasteiger partial charge in [0.2, 0.25) is 5.91 Å². The highest BCUT2D eigenvalue weighted by Crippen LogP contribution is 2.36. The van der Waals surface area contributed by atoms with Crippen LogP contribution in [0.1, 0.15) is 11.1 Å². The van der Waals surface area contributed by atoms with Gasteiger partial charge >= 0.3 is 6.18 Å². The van der Waals surface area contributed by atoms with Crippen molar-refractivity contribution < 1.29 is 26.7 Å². The van der Waals surface area contributed by atoms with Gasteiger partial charge in [0, 0.05) is 11.6 Å². The van der Waals surface area contributed by atoms with Gasteiger partial charge < -0.3 is 5.32 Å². The molecule has 3 nitrogen and oxygen atoms in total. The van der Waals surface area contributed by atoms with Crippen molar-refractivity contribution in [3.05, 3.63) is 64.7 Å². The average molecular weight is 407 g/mol. The highest BCUT2D eigenvalue weighted by Gasteiger charge is 2.34. The van der Waals surface area contributed by atoms with E-state index in [2.05, 4.69) is 5.32 Å². The van der Waals surface area contributed by atoms with Crippen molar-refractivity contribution in [3.63, 3.8) is 0 Å². The fraction of sp³-hybridized carbons (Fsp3) is 0.278. The van der Waals surface area contributed by atoms with Gasteiger partial charge in [0.25, 0.3) is 6.43 Å². The minimum absolute atomic E-state index is 0.0609. The van der Waals surface area contributed by atoms with E-state index in [0.29, 0.717) is 11.6 Å². The maximum absolute atomic E-state index is 13.1. The largest absolute Gasteiger partial charge is 0.418 e. The first-order valence-corrected chi connectivity index (χ1v) is 8.24. The van der Waals surface area contributed by atoms with Crippen molar-refractivity contribution in [2.45, 2.75) is 19.1 Å². The van der Waals surface area contributed by atoms with Crippen LogP contribution in [0.4, 0.5) is 27.6 Å². The van der Waals surface area contributed by atoms with E-state index < -0.39 is 42.8 Å². The molecule has 0 saturated heterocycles. The van der Waals surface area contributed by atoms with Crippen molar-refractivity contribution in [2.75, 3.05) is 18.4 Å². The van der Waals surface area contributed by atoms with Gasteiger partial charge in [-0.15, -0.1) is 0 Å². The Labute approximate surface area is 157 Å². The Kier molecular flexibility index (Phi) is 7.15. The predicted octanol–water partition coefficient (Wildman–Crippen LogP) is 5.06. The first-order chi connectivity index (χ1) is 12.6. The second-order valence-electron chi connectivity index (χ2n) is 5.78. The van der Waals surface area contributed by atoms with Crippen molar-refractivity contribution >= 4 is 23.2 Å². The monoisotopic (exact) mass is 406 g/mol. The van der Waals surface area contributed by atoms with Crippen LogP contribution in [0.2, 0.25) is 5.02 Å². The summed E-state index contributed by atoms with van der Waals surface area (Å²) in [5.41, 5.74) is -0.881. The molecule has 9 heteroatoms. The van der Waals surface area contributed by atoms with Crippen LogP contribution in [0.15, 0.2) is 48.5 Å². The van der Waals surface area contributed by atoms with Gasteiger partial charge in [-0.05, 0) is 23.8 Å². The van der Waals surface area contributed by atoms with E-state index in [9.17, 15) is 26.7 Å². The van der Waals surface area contributed by atoms with Gasteiger partial charge in [-0.25, -0.2) is 8.78 Å². The number of nitrogens with zero attached hydrogens (tertiary/aromatic N) is 1. The lowest BCUT2D eigenvalue weighted by atomic mass is 10.1. The minimum Gasteiger partial charge on any atom is -0.324 e. The number of amides is 1.